The lowest BCUT2D eigenvalue weighted by Crippen LogP contribution is -2.25. The minimum atomic E-state index is -3.95. The Morgan fingerprint density at radius 1 is 0.897 bits per heavy atom. The highest BCUT2D eigenvalue weighted by molar-refractivity contribution is 7.96. The minimum Gasteiger partial charge on any atom is -0.497 e. The van der Waals surface area contributed by atoms with E-state index >= 15 is 0 Å². The number of fused-ring (bicyclic) bond motifs is 1. The molecule has 6 heteroatoms. The molecule has 0 atom stereocenters. The highest BCUT2D eigenvalue weighted by Crippen LogP contribution is 2.40. The Morgan fingerprint density at radius 2 is 1.55 bits per heavy atom. The van der Waals surface area contributed by atoms with Crippen molar-refractivity contribution in [2.75, 3.05) is 12.0 Å². The number of anilines is 2. The van der Waals surface area contributed by atoms with Crippen molar-refractivity contribution < 1.29 is 17.9 Å². The van der Waals surface area contributed by atoms with E-state index in [1.54, 1.807) is 66.6 Å². The highest BCUT2D eigenvalue weighted by atomic mass is 32.2. The first-order chi connectivity index (χ1) is 13.9. The molecule has 0 aliphatic carbocycles. The molecular weight excluding hydrogens is 386 g/mol. The van der Waals surface area contributed by atoms with Gasteiger partial charge in [0.25, 0.3) is 0 Å². The number of hydrogen-bond acceptors (Lipinski definition) is 5. The Bertz CT molecular complexity index is 1210. The SMILES string of the molecule is COc1ccc(N2C=C(C(=O)c3ccc(C)cc3)S(=O)(=O)c3ccccc32)cc1. The van der Waals surface area contributed by atoms with Crippen LogP contribution < -0.4 is 9.64 Å². The zero-order valence-corrected chi connectivity index (χ0v) is 16.8. The third-order valence-electron chi connectivity index (χ3n) is 4.84. The van der Waals surface area contributed by atoms with Gasteiger partial charge in [0.05, 0.1) is 17.7 Å². The molecule has 0 saturated carbocycles. The number of Topliss-reactive ketones (excluding diaryl/α,β-unsaturated/α-hetero) is 1. The Hall–Kier alpha value is -3.38. The van der Waals surface area contributed by atoms with E-state index in [9.17, 15) is 13.2 Å². The van der Waals surface area contributed by atoms with Gasteiger partial charge in [-0.05, 0) is 43.3 Å². The Labute approximate surface area is 169 Å². The van der Waals surface area contributed by atoms with Crippen molar-refractivity contribution in [2.45, 2.75) is 11.8 Å². The van der Waals surface area contributed by atoms with Crippen LogP contribution in [0.4, 0.5) is 11.4 Å². The number of hydrogen-bond donors (Lipinski definition) is 0. The Balaban J connectivity index is 1.88. The lowest BCUT2D eigenvalue weighted by molar-refractivity contribution is 0.104. The van der Waals surface area contributed by atoms with Crippen molar-refractivity contribution in [1.29, 1.82) is 0 Å². The topological polar surface area (TPSA) is 63.7 Å². The fourth-order valence-electron chi connectivity index (χ4n) is 3.24. The summed E-state index contributed by atoms with van der Waals surface area (Å²) in [6.45, 7) is 1.91. The first kappa shape index (κ1) is 19.0. The van der Waals surface area contributed by atoms with Crippen molar-refractivity contribution in [1.82, 2.24) is 0 Å². The van der Waals surface area contributed by atoms with E-state index in [1.165, 1.54) is 12.3 Å². The summed E-state index contributed by atoms with van der Waals surface area (Å²) in [6.07, 6.45) is 1.40. The van der Waals surface area contributed by atoms with Gasteiger partial charge in [-0.1, -0.05) is 42.0 Å². The smallest absolute Gasteiger partial charge is 0.214 e. The van der Waals surface area contributed by atoms with Crippen LogP contribution in [0, 0.1) is 6.92 Å². The molecule has 1 heterocycles. The molecule has 0 unspecified atom stereocenters. The Kier molecular flexibility index (Phi) is 4.72. The second kappa shape index (κ2) is 7.22. The van der Waals surface area contributed by atoms with E-state index < -0.39 is 15.6 Å². The zero-order valence-electron chi connectivity index (χ0n) is 16.0. The molecule has 0 bridgehead atoms. The fourth-order valence-corrected chi connectivity index (χ4v) is 4.78. The molecule has 29 heavy (non-hydrogen) atoms. The summed E-state index contributed by atoms with van der Waals surface area (Å²) in [6, 6.07) is 20.8. The van der Waals surface area contributed by atoms with Crippen LogP contribution in [0.5, 0.6) is 5.75 Å². The monoisotopic (exact) mass is 405 g/mol. The van der Waals surface area contributed by atoms with E-state index in [2.05, 4.69) is 0 Å². The standard InChI is InChI=1S/C23H19NO4S/c1-16-7-9-17(10-8-16)23(25)22-15-24(18-11-13-19(28-2)14-12-18)20-5-3-4-6-21(20)29(22,26)27/h3-15H,1-2H3. The molecule has 0 fully saturated rings. The summed E-state index contributed by atoms with van der Waals surface area (Å²) in [7, 11) is -2.37. The van der Waals surface area contributed by atoms with Crippen molar-refractivity contribution in [3.8, 4) is 5.75 Å². The maximum Gasteiger partial charge on any atom is 0.214 e. The molecule has 0 N–H and O–H groups in total. The van der Waals surface area contributed by atoms with Gasteiger partial charge in [0.1, 0.15) is 10.7 Å². The van der Waals surface area contributed by atoms with Crippen LogP contribution in [0.15, 0.2) is 88.8 Å². The molecule has 3 aromatic carbocycles. The average molecular weight is 405 g/mol. The first-order valence-corrected chi connectivity index (χ1v) is 10.5. The molecule has 146 valence electrons. The quantitative estimate of drug-likeness (QED) is 0.591. The number of carbonyl (C=O) groups is 1. The number of aryl methyl sites for hydroxylation is 1. The number of nitrogens with zero attached hydrogens (tertiary/aromatic N) is 1. The number of carbonyl (C=O) groups excluding carboxylic acids is 1. The summed E-state index contributed by atoms with van der Waals surface area (Å²) in [5.74, 6) is 0.157. The maximum absolute atomic E-state index is 13.2. The molecule has 3 aromatic rings. The summed E-state index contributed by atoms with van der Waals surface area (Å²) in [5, 5.41) is 0. The van der Waals surface area contributed by atoms with Crippen LogP contribution in [-0.4, -0.2) is 21.3 Å². The minimum absolute atomic E-state index is 0.105. The number of para-hydroxylation sites is 1. The number of benzene rings is 3. The normalized spacial score (nSPS) is 14.7. The van der Waals surface area contributed by atoms with Crippen LogP contribution in [0.3, 0.4) is 0 Å². The molecule has 0 amide bonds. The van der Waals surface area contributed by atoms with Crippen molar-refractivity contribution >= 4 is 27.0 Å². The van der Waals surface area contributed by atoms with Gasteiger partial charge in [-0.2, -0.15) is 0 Å². The summed E-state index contributed by atoms with van der Waals surface area (Å²) < 4.78 is 31.7. The van der Waals surface area contributed by atoms with E-state index in [-0.39, 0.29) is 9.80 Å². The first-order valence-electron chi connectivity index (χ1n) is 9.02. The van der Waals surface area contributed by atoms with Crippen LogP contribution in [0.1, 0.15) is 15.9 Å². The molecule has 5 nitrogen and oxygen atoms in total. The second-order valence-electron chi connectivity index (χ2n) is 6.73. The molecule has 4 rings (SSSR count). The van der Waals surface area contributed by atoms with Gasteiger partial charge < -0.3 is 9.64 Å². The molecular formula is C23H19NO4S. The van der Waals surface area contributed by atoms with Crippen LogP contribution in [0.25, 0.3) is 0 Å². The highest BCUT2D eigenvalue weighted by Gasteiger charge is 2.35. The van der Waals surface area contributed by atoms with E-state index in [0.29, 0.717) is 17.0 Å². The van der Waals surface area contributed by atoms with E-state index in [1.807, 2.05) is 19.1 Å². The fraction of sp³-hybridized carbons (Fsp3) is 0.0870. The van der Waals surface area contributed by atoms with E-state index in [0.717, 1.165) is 11.3 Å². The Morgan fingerprint density at radius 3 is 2.21 bits per heavy atom. The summed E-state index contributed by atoms with van der Waals surface area (Å²) in [5.41, 5.74) is 2.55. The second-order valence-corrected chi connectivity index (χ2v) is 8.61. The van der Waals surface area contributed by atoms with Gasteiger partial charge in [-0.15, -0.1) is 0 Å². The number of ether oxygens (including phenoxy) is 1. The van der Waals surface area contributed by atoms with Gasteiger partial charge in [0.2, 0.25) is 15.6 Å². The summed E-state index contributed by atoms with van der Waals surface area (Å²) >= 11 is 0. The van der Waals surface area contributed by atoms with Crippen LogP contribution in [0.2, 0.25) is 0 Å². The number of methoxy groups -OCH3 is 1. The van der Waals surface area contributed by atoms with Gasteiger partial charge in [0.15, 0.2) is 0 Å². The zero-order chi connectivity index (χ0) is 20.6. The van der Waals surface area contributed by atoms with Gasteiger partial charge in [-0.3, -0.25) is 4.79 Å². The lowest BCUT2D eigenvalue weighted by Gasteiger charge is -2.29. The van der Waals surface area contributed by atoms with E-state index in [4.69, 9.17) is 4.74 Å². The third-order valence-corrected chi connectivity index (χ3v) is 6.63. The van der Waals surface area contributed by atoms with Crippen LogP contribution in [-0.2, 0) is 9.84 Å². The largest absolute Gasteiger partial charge is 0.497 e. The van der Waals surface area contributed by atoms with Crippen molar-refractivity contribution in [3.63, 3.8) is 0 Å². The number of rotatable bonds is 4. The number of allylic oxidation sites excluding steroid dienone is 1. The average Bonchev–Trinajstić information content (AvgIpc) is 2.74. The van der Waals surface area contributed by atoms with Gasteiger partial charge >= 0.3 is 0 Å². The van der Waals surface area contributed by atoms with Crippen LogP contribution >= 0.6 is 0 Å². The molecule has 1 aliphatic rings. The third kappa shape index (κ3) is 3.32. The van der Waals surface area contributed by atoms with Gasteiger partial charge in [0, 0.05) is 17.5 Å². The molecule has 0 radical (unpaired) electrons. The molecule has 0 aromatic heterocycles. The molecule has 1 aliphatic heterocycles. The lowest BCUT2D eigenvalue weighted by atomic mass is 10.1. The molecule has 0 saturated heterocycles. The maximum atomic E-state index is 13.2. The summed E-state index contributed by atoms with van der Waals surface area (Å²) in [4.78, 5) is 14.7. The van der Waals surface area contributed by atoms with Crippen molar-refractivity contribution in [2.24, 2.45) is 0 Å². The number of sulfone groups is 1. The predicted molar refractivity (Wildman–Crippen MR) is 112 cm³/mol. The number of ketones is 1. The predicted octanol–water partition coefficient (Wildman–Crippen LogP) is 4.65. The van der Waals surface area contributed by atoms with Crippen molar-refractivity contribution in [3.05, 3.63) is 95.0 Å². The van der Waals surface area contributed by atoms with Gasteiger partial charge in [-0.25, -0.2) is 8.42 Å². The molecule has 0 spiro atoms.